The number of amides is 2. The Morgan fingerprint density at radius 1 is 1.47 bits per heavy atom. The molecule has 5 heteroatoms. The maximum absolute atomic E-state index is 12.3. The summed E-state index contributed by atoms with van der Waals surface area (Å²) in [6.07, 6.45) is 4.08. The molecule has 0 bridgehead atoms. The van der Waals surface area contributed by atoms with Crippen molar-refractivity contribution in [2.24, 2.45) is 0 Å². The molecule has 2 atom stereocenters. The molecule has 2 unspecified atom stereocenters. The van der Waals surface area contributed by atoms with Crippen LogP contribution in [0.5, 0.6) is 0 Å². The number of nitrogens with zero attached hydrogens (tertiary/aromatic N) is 1. The molecular weight excluding hydrogens is 236 g/mol. The molecule has 1 N–H and O–H groups in total. The predicted molar refractivity (Wildman–Crippen MR) is 71.0 cm³/mol. The summed E-state index contributed by atoms with van der Waals surface area (Å²) in [6.45, 7) is 4.71. The van der Waals surface area contributed by atoms with E-state index in [2.05, 4.69) is 5.32 Å². The first-order valence-electron chi connectivity index (χ1n) is 6.19. The van der Waals surface area contributed by atoms with Gasteiger partial charge in [0.2, 0.25) is 11.8 Å². The fraction of sp³-hybridized carbons (Fsp3) is 0.833. The summed E-state index contributed by atoms with van der Waals surface area (Å²) in [7, 11) is 0. The third-order valence-electron chi connectivity index (χ3n) is 3.04. The number of carbonyl (C=O) groups is 2. The predicted octanol–water partition coefficient (Wildman–Crippen LogP) is 1.26. The van der Waals surface area contributed by atoms with E-state index in [9.17, 15) is 9.59 Å². The quantitative estimate of drug-likeness (QED) is 0.807. The highest BCUT2D eigenvalue weighted by Crippen LogP contribution is 2.14. The molecule has 0 spiro atoms. The van der Waals surface area contributed by atoms with Crippen LogP contribution in [0, 0.1) is 0 Å². The van der Waals surface area contributed by atoms with Crippen LogP contribution in [0.4, 0.5) is 0 Å². The normalized spacial score (nSPS) is 25.7. The summed E-state index contributed by atoms with van der Waals surface area (Å²) in [6, 6.07) is -0.309. The zero-order chi connectivity index (χ0) is 12.8. The smallest absolute Gasteiger partial charge is 0.245 e. The third-order valence-corrected chi connectivity index (χ3v) is 3.63. The minimum atomic E-state index is -0.320. The molecule has 0 saturated carbocycles. The molecule has 98 valence electrons. The van der Waals surface area contributed by atoms with E-state index in [0.717, 1.165) is 25.1 Å². The van der Waals surface area contributed by atoms with Gasteiger partial charge in [-0.15, -0.1) is 0 Å². The molecule has 4 nitrogen and oxygen atoms in total. The van der Waals surface area contributed by atoms with E-state index in [0.29, 0.717) is 6.42 Å². The zero-order valence-electron chi connectivity index (χ0n) is 10.9. The van der Waals surface area contributed by atoms with E-state index in [4.69, 9.17) is 0 Å². The monoisotopic (exact) mass is 258 g/mol. The van der Waals surface area contributed by atoms with Crippen molar-refractivity contribution in [3.05, 3.63) is 0 Å². The van der Waals surface area contributed by atoms with Crippen LogP contribution in [0.25, 0.3) is 0 Å². The van der Waals surface area contributed by atoms with Crippen LogP contribution in [0.15, 0.2) is 0 Å². The Labute approximate surface area is 108 Å². The van der Waals surface area contributed by atoms with Crippen LogP contribution in [-0.2, 0) is 9.59 Å². The number of hydrogen-bond donors (Lipinski definition) is 1. The summed E-state index contributed by atoms with van der Waals surface area (Å²) in [5.74, 6) is 0.999. The fourth-order valence-corrected chi connectivity index (χ4v) is 2.49. The molecule has 1 aliphatic heterocycles. The van der Waals surface area contributed by atoms with E-state index in [-0.39, 0.29) is 23.9 Å². The van der Waals surface area contributed by atoms with Gasteiger partial charge in [0.1, 0.15) is 6.04 Å². The average Bonchev–Trinajstić information content (AvgIpc) is 2.36. The van der Waals surface area contributed by atoms with Crippen LogP contribution >= 0.6 is 11.8 Å². The van der Waals surface area contributed by atoms with Crippen molar-refractivity contribution >= 4 is 23.6 Å². The number of rotatable bonds is 5. The lowest BCUT2D eigenvalue weighted by Gasteiger charge is -2.28. The minimum Gasteiger partial charge on any atom is -0.344 e. The van der Waals surface area contributed by atoms with Crippen molar-refractivity contribution in [3.63, 3.8) is 0 Å². The van der Waals surface area contributed by atoms with Gasteiger partial charge >= 0.3 is 0 Å². The summed E-state index contributed by atoms with van der Waals surface area (Å²) < 4.78 is 0. The first-order valence-corrected chi connectivity index (χ1v) is 7.58. The van der Waals surface area contributed by atoms with Crippen molar-refractivity contribution < 1.29 is 9.59 Å². The van der Waals surface area contributed by atoms with Gasteiger partial charge in [0.05, 0.1) is 0 Å². The topological polar surface area (TPSA) is 49.4 Å². The summed E-state index contributed by atoms with van der Waals surface area (Å²) in [5, 5.41) is 2.83. The third kappa shape index (κ3) is 3.91. The Bertz CT molecular complexity index is 284. The molecule has 1 rings (SSSR count). The number of thioether (sulfide) groups is 1. The molecular formula is C12H22N2O2S. The molecule has 2 amide bonds. The molecule has 0 aromatic carbocycles. The molecule has 1 fully saturated rings. The Hall–Kier alpha value is -0.710. The molecule has 0 aromatic heterocycles. The first-order chi connectivity index (χ1) is 8.10. The van der Waals surface area contributed by atoms with Crippen molar-refractivity contribution in [3.8, 4) is 0 Å². The number of nitrogens with one attached hydrogen (secondary N) is 1. The lowest BCUT2D eigenvalue weighted by Crippen LogP contribution is -2.47. The van der Waals surface area contributed by atoms with Crippen LogP contribution in [0.2, 0.25) is 0 Å². The van der Waals surface area contributed by atoms with Crippen LogP contribution < -0.4 is 5.32 Å². The molecule has 0 aliphatic carbocycles. The second-order valence-corrected chi connectivity index (χ2v) is 5.47. The van der Waals surface area contributed by atoms with E-state index >= 15 is 0 Å². The molecule has 0 radical (unpaired) electrons. The molecule has 17 heavy (non-hydrogen) atoms. The standard InChI is InChI=1S/C12H22N2O2S/c1-4-5-10-12(16)14(6-7-17-3)9(2)8-11(15)13-10/h9-10H,4-8H2,1-3H3,(H,13,15). The van der Waals surface area contributed by atoms with E-state index in [1.807, 2.05) is 25.0 Å². The van der Waals surface area contributed by atoms with Crippen LogP contribution in [0.1, 0.15) is 33.1 Å². The highest BCUT2D eigenvalue weighted by atomic mass is 32.2. The Kier molecular flexibility index (Phi) is 5.82. The second-order valence-electron chi connectivity index (χ2n) is 4.49. The summed E-state index contributed by atoms with van der Waals surface area (Å²) in [5.41, 5.74) is 0. The Morgan fingerprint density at radius 2 is 2.18 bits per heavy atom. The van der Waals surface area contributed by atoms with Gasteiger partial charge in [-0.05, 0) is 19.6 Å². The molecule has 1 heterocycles. The molecule has 1 saturated heterocycles. The van der Waals surface area contributed by atoms with Gasteiger partial charge in [0.25, 0.3) is 0 Å². The van der Waals surface area contributed by atoms with Gasteiger partial charge in [0.15, 0.2) is 0 Å². The SMILES string of the molecule is CCCC1NC(=O)CC(C)N(CCSC)C1=O. The van der Waals surface area contributed by atoms with Gasteiger partial charge in [-0.1, -0.05) is 13.3 Å². The molecule has 1 aliphatic rings. The maximum Gasteiger partial charge on any atom is 0.245 e. The first kappa shape index (κ1) is 14.4. The van der Waals surface area contributed by atoms with Crippen molar-refractivity contribution in [2.45, 2.75) is 45.2 Å². The zero-order valence-corrected chi connectivity index (χ0v) is 11.7. The van der Waals surface area contributed by atoms with E-state index in [1.54, 1.807) is 11.8 Å². The van der Waals surface area contributed by atoms with Crippen molar-refractivity contribution in [1.29, 1.82) is 0 Å². The highest BCUT2D eigenvalue weighted by molar-refractivity contribution is 7.98. The number of hydrogen-bond acceptors (Lipinski definition) is 3. The van der Waals surface area contributed by atoms with Gasteiger partial charge in [-0.25, -0.2) is 0 Å². The largest absolute Gasteiger partial charge is 0.344 e. The highest BCUT2D eigenvalue weighted by Gasteiger charge is 2.32. The van der Waals surface area contributed by atoms with Crippen molar-refractivity contribution in [1.82, 2.24) is 10.2 Å². The summed E-state index contributed by atoms with van der Waals surface area (Å²) >= 11 is 1.72. The average molecular weight is 258 g/mol. The Morgan fingerprint density at radius 3 is 2.76 bits per heavy atom. The van der Waals surface area contributed by atoms with Crippen molar-refractivity contribution in [2.75, 3.05) is 18.6 Å². The summed E-state index contributed by atoms with van der Waals surface area (Å²) in [4.78, 5) is 25.8. The number of carbonyl (C=O) groups excluding carboxylic acids is 2. The lowest BCUT2D eigenvalue weighted by atomic mass is 10.1. The van der Waals surface area contributed by atoms with E-state index in [1.165, 1.54) is 0 Å². The second kappa shape index (κ2) is 6.89. The van der Waals surface area contributed by atoms with Gasteiger partial charge < -0.3 is 10.2 Å². The van der Waals surface area contributed by atoms with E-state index < -0.39 is 0 Å². The van der Waals surface area contributed by atoms with Crippen LogP contribution in [-0.4, -0.2) is 47.4 Å². The Balaban J connectivity index is 2.76. The lowest BCUT2D eigenvalue weighted by molar-refractivity contribution is -0.134. The maximum atomic E-state index is 12.3. The minimum absolute atomic E-state index is 0.00375. The van der Waals surface area contributed by atoms with Gasteiger partial charge in [-0.2, -0.15) is 11.8 Å². The van der Waals surface area contributed by atoms with Gasteiger partial charge in [-0.3, -0.25) is 9.59 Å². The van der Waals surface area contributed by atoms with Crippen LogP contribution in [0.3, 0.4) is 0 Å². The fourth-order valence-electron chi connectivity index (χ4n) is 2.12. The molecule has 0 aromatic rings. The van der Waals surface area contributed by atoms with Gasteiger partial charge in [0, 0.05) is 24.8 Å².